The van der Waals surface area contributed by atoms with Gasteiger partial charge in [-0.2, -0.15) is 0 Å². The summed E-state index contributed by atoms with van der Waals surface area (Å²) in [6.45, 7) is 7.93. The summed E-state index contributed by atoms with van der Waals surface area (Å²) in [6.07, 6.45) is 4.77. The van der Waals surface area contributed by atoms with Crippen molar-refractivity contribution in [1.29, 1.82) is 0 Å². The van der Waals surface area contributed by atoms with Crippen molar-refractivity contribution in [2.24, 2.45) is 11.3 Å². The second-order valence-corrected chi connectivity index (χ2v) is 6.39. The molecular formula is C15H29NO3. The zero-order valence-corrected chi connectivity index (χ0v) is 12.6. The van der Waals surface area contributed by atoms with Crippen LogP contribution < -0.4 is 5.32 Å². The van der Waals surface area contributed by atoms with E-state index in [0.717, 1.165) is 32.3 Å². The van der Waals surface area contributed by atoms with Gasteiger partial charge in [0.15, 0.2) is 0 Å². The van der Waals surface area contributed by atoms with Crippen LogP contribution in [0.4, 0.5) is 0 Å². The molecule has 4 heteroatoms. The molecular weight excluding hydrogens is 242 g/mol. The first-order valence-corrected chi connectivity index (χ1v) is 7.46. The normalized spacial score (nSPS) is 22.9. The van der Waals surface area contributed by atoms with Gasteiger partial charge in [-0.05, 0) is 43.9 Å². The van der Waals surface area contributed by atoms with Crippen LogP contribution in [0.5, 0.6) is 0 Å². The van der Waals surface area contributed by atoms with Crippen molar-refractivity contribution < 1.29 is 14.6 Å². The molecule has 1 amide bonds. The van der Waals surface area contributed by atoms with E-state index in [-0.39, 0.29) is 17.9 Å². The summed E-state index contributed by atoms with van der Waals surface area (Å²) < 4.78 is 5.49. The minimum Gasteiger partial charge on any atom is -0.396 e. The third-order valence-corrected chi connectivity index (χ3v) is 3.84. The largest absolute Gasteiger partial charge is 0.396 e. The van der Waals surface area contributed by atoms with Crippen molar-refractivity contribution in [2.75, 3.05) is 19.8 Å². The highest BCUT2D eigenvalue weighted by molar-refractivity contribution is 5.76. The lowest BCUT2D eigenvalue weighted by Crippen LogP contribution is -2.38. The summed E-state index contributed by atoms with van der Waals surface area (Å²) in [6, 6.07) is 0. The second kappa shape index (κ2) is 7.85. The van der Waals surface area contributed by atoms with Crippen LogP contribution >= 0.6 is 0 Å². The third kappa shape index (κ3) is 6.39. The van der Waals surface area contributed by atoms with Crippen LogP contribution in [-0.2, 0) is 9.53 Å². The number of hydrogen-bond acceptors (Lipinski definition) is 3. The monoisotopic (exact) mass is 271 g/mol. The van der Waals surface area contributed by atoms with Crippen molar-refractivity contribution in [1.82, 2.24) is 5.32 Å². The van der Waals surface area contributed by atoms with Crippen LogP contribution in [0, 0.1) is 11.3 Å². The van der Waals surface area contributed by atoms with Gasteiger partial charge in [0.1, 0.15) is 0 Å². The molecule has 0 aromatic rings. The van der Waals surface area contributed by atoms with E-state index in [2.05, 4.69) is 19.2 Å². The third-order valence-electron chi connectivity index (χ3n) is 3.84. The summed E-state index contributed by atoms with van der Waals surface area (Å²) in [7, 11) is 0. The maximum atomic E-state index is 11.8. The molecule has 1 aliphatic rings. The van der Waals surface area contributed by atoms with Crippen LogP contribution in [0.3, 0.4) is 0 Å². The smallest absolute Gasteiger partial charge is 0.220 e. The molecule has 0 aromatic carbocycles. The van der Waals surface area contributed by atoms with Crippen molar-refractivity contribution in [2.45, 2.75) is 59.0 Å². The van der Waals surface area contributed by atoms with E-state index in [1.54, 1.807) is 0 Å². The van der Waals surface area contributed by atoms with Crippen molar-refractivity contribution >= 4 is 5.91 Å². The van der Waals surface area contributed by atoms with Gasteiger partial charge in [0.05, 0.1) is 6.10 Å². The minimum absolute atomic E-state index is 0.0614. The van der Waals surface area contributed by atoms with E-state index in [9.17, 15) is 4.79 Å². The topological polar surface area (TPSA) is 58.6 Å². The van der Waals surface area contributed by atoms with E-state index < -0.39 is 0 Å². The Hall–Kier alpha value is -0.610. The summed E-state index contributed by atoms with van der Waals surface area (Å²) in [5, 5.41) is 11.9. The zero-order valence-electron chi connectivity index (χ0n) is 12.6. The first-order chi connectivity index (χ1) is 8.96. The summed E-state index contributed by atoms with van der Waals surface area (Å²) in [5.74, 6) is 0.647. The Kier molecular flexibility index (Phi) is 6.80. The van der Waals surface area contributed by atoms with E-state index in [1.807, 2.05) is 6.92 Å². The van der Waals surface area contributed by atoms with Gasteiger partial charge in [-0.3, -0.25) is 4.79 Å². The van der Waals surface area contributed by atoms with E-state index >= 15 is 0 Å². The highest BCUT2D eigenvalue weighted by Gasteiger charge is 2.31. The Morgan fingerprint density at radius 1 is 1.42 bits per heavy atom. The Labute approximate surface area is 116 Å². The number of aliphatic hydroxyl groups is 1. The zero-order chi connectivity index (χ0) is 14.3. The van der Waals surface area contributed by atoms with Crippen LogP contribution in [0.25, 0.3) is 0 Å². The number of amides is 1. The number of ether oxygens (including phenoxy) is 1. The average Bonchev–Trinajstić information content (AvgIpc) is 2.32. The van der Waals surface area contributed by atoms with E-state index in [0.29, 0.717) is 25.0 Å². The molecule has 4 nitrogen and oxygen atoms in total. The lowest BCUT2D eigenvalue weighted by atomic mass is 9.79. The highest BCUT2D eigenvalue weighted by atomic mass is 16.5. The quantitative estimate of drug-likeness (QED) is 0.675. The average molecular weight is 271 g/mol. The van der Waals surface area contributed by atoms with Gasteiger partial charge >= 0.3 is 0 Å². The molecule has 0 unspecified atom stereocenters. The molecule has 0 aromatic heterocycles. The van der Waals surface area contributed by atoms with Gasteiger partial charge in [0.25, 0.3) is 0 Å². The number of nitrogens with one attached hydrogen (secondary N) is 1. The first kappa shape index (κ1) is 16.4. The van der Waals surface area contributed by atoms with E-state index in [4.69, 9.17) is 9.84 Å². The molecule has 1 aliphatic carbocycles. The molecule has 2 N–H and O–H groups in total. The molecule has 0 heterocycles. The molecule has 112 valence electrons. The fourth-order valence-electron chi connectivity index (χ4n) is 2.53. The van der Waals surface area contributed by atoms with Gasteiger partial charge in [0.2, 0.25) is 5.91 Å². The molecule has 0 atom stereocenters. The van der Waals surface area contributed by atoms with Crippen LogP contribution in [0.15, 0.2) is 0 Å². The van der Waals surface area contributed by atoms with Gasteiger partial charge in [-0.25, -0.2) is 0 Å². The Morgan fingerprint density at radius 3 is 2.68 bits per heavy atom. The molecule has 0 spiro atoms. The molecule has 0 aliphatic heterocycles. The number of carbonyl (C=O) groups excluding carboxylic acids is 1. The molecule has 1 rings (SSSR count). The lowest BCUT2D eigenvalue weighted by molar-refractivity contribution is -0.124. The summed E-state index contributed by atoms with van der Waals surface area (Å²) in [5.41, 5.74) is 0.0614. The van der Waals surface area contributed by atoms with Gasteiger partial charge in [-0.15, -0.1) is 0 Å². The van der Waals surface area contributed by atoms with Gasteiger partial charge < -0.3 is 15.2 Å². The molecule has 0 bridgehead atoms. The number of carbonyl (C=O) groups is 1. The van der Waals surface area contributed by atoms with Gasteiger partial charge in [0, 0.05) is 26.2 Å². The van der Waals surface area contributed by atoms with E-state index in [1.165, 1.54) is 0 Å². The van der Waals surface area contributed by atoms with Crippen LogP contribution in [0.2, 0.25) is 0 Å². The number of aliphatic hydroxyl groups excluding tert-OH is 1. The number of hydrogen-bond donors (Lipinski definition) is 2. The second-order valence-electron chi connectivity index (χ2n) is 6.39. The first-order valence-electron chi connectivity index (χ1n) is 7.46. The summed E-state index contributed by atoms with van der Waals surface area (Å²) >= 11 is 0. The Morgan fingerprint density at radius 2 is 2.11 bits per heavy atom. The molecule has 0 saturated heterocycles. The Bertz CT molecular complexity index is 273. The fourth-order valence-corrected chi connectivity index (χ4v) is 2.53. The SMILES string of the molecule is CCOC1CC(CC(=O)NCC(C)(C)CCCO)C1. The van der Waals surface area contributed by atoms with Crippen LogP contribution in [-0.4, -0.2) is 36.9 Å². The molecule has 0 radical (unpaired) electrons. The number of rotatable bonds is 9. The standard InChI is InChI=1S/C15H29NO3/c1-4-19-13-8-12(9-13)10-14(18)16-11-15(2,3)6-5-7-17/h12-13,17H,4-11H2,1-3H3,(H,16,18). The van der Waals surface area contributed by atoms with Crippen molar-refractivity contribution in [3.05, 3.63) is 0 Å². The maximum Gasteiger partial charge on any atom is 0.220 e. The van der Waals surface area contributed by atoms with Crippen molar-refractivity contribution in [3.63, 3.8) is 0 Å². The predicted octanol–water partition coefficient (Wildman–Crippen LogP) is 2.11. The molecule has 1 saturated carbocycles. The maximum absolute atomic E-state index is 11.8. The molecule has 19 heavy (non-hydrogen) atoms. The van der Waals surface area contributed by atoms with Crippen molar-refractivity contribution in [3.8, 4) is 0 Å². The summed E-state index contributed by atoms with van der Waals surface area (Å²) in [4.78, 5) is 11.8. The Balaban J connectivity index is 2.12. The highest BCUT2D eigenvalue weighted by Crippen LogP contribution is 2.32. The van der Waals surface area contributed by atoms with Crippen LogP contribution in [0.1, 0.15) is 52.9 Å². The minimum atomic E-state index is 0.0614. The van der Waals surface area contributed by atoms with Gasteiger partial charge in [-0.1, -0.05) is 13.8 Å². The lowest BCUT2D eigenvalue weighted by Gasteiger charge is -2.34. The predicted molar refractivity (Wildman–Crippen MR) is 75.9 cm³/mol. The fraction of sp³-hybridized carbons (Fsp3) is 0.933. The molecule has 1 fully saturated rings.